The summed E-state index contributed by atoms with van der Waals surface area (Å²) in [5, 5.41) is 6.37. The number of amides is 2. The van der Waals surface area contributed by atoms with Gasteiger partial charge in [-0.3, -0.25) is 24.0 Å². The van der Waals surface area contributed by atoms with E-state index in [-0.39, 0.29) is 51.4 Å². The van der Waals surface area contributed by atoms with E-state index < -0.39 is 68.9 Å². The predicted molar refractivity (Wildman–Crippen MR) is 315 cm³/mol. The Hall–Kier alpha value is -8.82. The zero-order valence-electron chi connectivity index (χ0n) is 46.1. The molecule has 12 rings (SSSR count). The van der Waals surface area contributed by atoms with E-state index in [1.807, 2.05) is 208 Å². The van der Waals surface area contributed by atoms with Crippen LogP contribution in [0.3, 0.4) is 0 Å². The second-order valence-corrected chi connectivity index (χ2v) is 23.4. The number of ether oxygens (including phenoxy) is 1. The van der Waals surface area contributed by atoms with Crippen molar-refractivity contribution in [3.8, 4) is 44.5 Å². The summed E-state index contributed by atoms with van der Waals surface area (Å²) >= 11 is 0. The minimum Gasteiger partial charge on any atom is -0.467 e. The lowest BCUT2D eigenvalue weighted by Crippen LogP contribution is -2.68. The van der Waals surface area contributed by atoms with Crippen LogP contribution < -0.4 is 10.6 Å². The second-order valence-electron chi connectivity index (χ2n) is 23.4. The number of nitrogens with one attached hydrogen (secondary N) is 2. The molecule has 8 aromatic rings. The van der Waals surface area contributed by atoms with Crippen molar-refractivity contribution in [2.24, 2.45) is 22.2 Å². The van der Waals surface area contributed by atoms with Crippen LogP contribution in [0.1, 0.15) is 65.3 Å². The summed E-state index contributed by atoms with van der Waals surface area (Å²) in [5.74, 6) is -4.07. The third kappa shape index (κ3) is 8.85. The van der Waals surface area contributed by atoms with Crippen molar-refractivity contribution < 1.29 is 33.5 Å². The van der Waals surface area contributed by atoms with Gasteiger partial charge >= 0.3 is 5.97 Å². The molecule has 1 unspecified atom stereocenters. The number of fused-ring (bicyclic) bond motifs is 12. The molecule has 81 heavy (non-hydrogen) atoms. The normalized spacial score (nSPS) is 16.8. The fourth-order valence-corrected chi connectivity index (χ4v) is 14.5. The molecule has 0 radical (unpaired) electrons. The predicted octanol–water partition coefficient (Wildman–Crippen LogP) is 11.7. The Morgan fingerprint density at radius 1 is 0.370 bits per heavy atom. The van der Waals surface area contributed by atoms with E-state index in [9.17, 15) is 9.59 Å². The van der Waals surface area contributed by atoms with Gasteiger partial charge in [-0.15, -0.1) is 0 Å². The minimum absolute atomic E-state index is 0.0469. The van der Waals surface area contributed by atoms with Gasteiger partial charge in [0, 0.05) is 19.8 Å². The largest absolute Gasteiger partial charge is 0.467 e. The molecule has 1 atom stereocenters. The number of carbonyl (C=O) groups excluding carboxylic acids is 6. The number of methoxy groups -OCH3 is 1. The molecular weight excluding hydrogens is 1000 g/mol. The van der Waals surface area contributed by atoms with Crippen LogP contribution in [0.4, 0.5) is 0 Å². The lowest BCUT2D eigenvalue weighted by atomic mass is 9.52. The highest BCUT2D eigenvalue weighted by Crippen LogP contribution is 2.55. The fraction of sp³-hybridized carbons (Fsp3) is 0.250. The van der Waals surface area contributed by atoms with Crippen LogP contribution in [0.2, 0.25) is 0 Å². The number of ketones is 3. The van der Waals surface area contributed by atoms with Crippen molar-refractivity contribution in [3.63, 3.8) is 0 Å². The molecule has 2 N–H and O–H groups in total. The first-order valence-corrected chi connectivity index (χ1v) is 28.2. The van der Waals surface area contributed by atoms with Gasteiger partial charge in [-0.1, -0.05) is 208 Å². The Morgan fingerprint density at radius 3 is 0.889 bits per heavy atom. The fourth-order valence-electron chi connectivity index (χ4n) is 14.5. The van der Waals surface area contributed by atoms with Gasteiger partial charge in [-0.2, -0.15) is 0 Å². The zero-order valence-corrected chi connectivity index (χ0v) is 46.1. The highest BCUT2D eigenvalue weighted by atomic mass is 16.5. The van der Waals surface area contributed by atoms with Gasteiger partial charge in [-0.05, 0) is 133 Å². The second kappa shape index (κ2) is 20.7. The van der Waals surface area contributed by atoms with Crippen LogP contribution in [0.15, 0.2) is 194 Å². The molecule has 0 saturated carbocycles. The molecule has 4 aliphatic rings. The molecule has 9 heteroatoms. The van der Waals surface area contributed by atoms with E-state index in [1.165, 1.54) is 14.0 Å². The number of Topliss-reactive ketones (excluding diaryl/α,β-unsaturated/α-hetero) is 3. The monoisotopic (exact) mass is 1070 g/mol. The molecule has 0 fully saturated rings. The van der Waals surface area contributed by atoms with Crippen molar-refractivity contribution in [1.82, 2.24) is 10.6 Å². The smallest absolute Gasteiger partial charge is 0.328 e. The van der Waals surface area contributed by atoms with Gasteiger partial charge in [-0.25, -0.2) is 4.79 Å². The van der Waals surface area contributed by atoms with Crippen molar-refractivity contribution in [2.75, 3.05) is 7.11 Å². The number of hydrogen-bond donors (Lipinski definition) is 2. The van der Waals surface area contributed by atoms with Gasteiger partial charge in [0.2, 0.25) is 11.8 Å². The first-order valence-electron chi connectivity index (χ1n) is 28.2. The summed E-state index contributed by atoms with van der Waals surface area (Å²) in [4.78, 5) is 99.4. The maximum atomic E-state index is 18.6. The number of carbonyl (C=O) groups is 6. The molecule has 9 nitrogen and oxygen atoms in total. The van der Waals surface area contributed by atoms with Crippen LogP contribution in [0.25, 0.3) is 44.5 Å². The third-order valence-electron chi connectivity index (χ3n) is 18.1. The summed E-state index contributed by atoms with van der Waals surface area (Å²) in [7, 11) is 1.27. The Labute approximate surface area is 473 Å². The Balaban J connectivity index is 1.19. The Kier molecular flexibility index (Phi) is 13.5. The van der Waals surface area contributed by atoms with Crippen molar-refractivity contribution >= 4 is 35.1 Å². The highest BCUT2D eigenvalue weighted by molar-refractivity contribution is 6.25. The number of rotatable bonds is 11. The van der Waals surface area contributed by atoms with Crippen molar-refractivity contribution in [2.45, 2.75) is 83.7 Å². The minimum atomic E-state index is -2.19. The zero-order chi connectivity index (χ0) is 56.3. The summed E-state index contributed by atoms with van der Waals surface area (Å²) in [6.07, 6.45) is -0.768. The van der Waals surface area contributed by atoms with Crippen LogP contribution in [-0.4, -0.2) is 53.8 Å². The highest BCUT2D eigenvalue weighted by Gasteiger charge is 2.67. The maximum Gasteiger partial charge on any atom is 0.328 e. The van der Waals surface area contributed by atoms with Gasteiger partial charge in [0.05, 0.1) is 17.9 Å². The molecule has 0 aromatic heterocycles. The summed E-state index contributed by atoms with van der Waals surface area (Å²) in [6.45, 7) is 5.03. The third-order valence-corrected chi connectivity index (χ3v) is 18.1. The molecule has 0 spiro atoms. The van der Waals surface area contributed by atoms with Crippen LogP contribution in [-0.2, 0) is 84.9 Å². The van der Waals surface area contributed by atoms with Crippen LogP contribution in [0, 0.1) is 22.2 Å². The number of hydrogen-bond acceptors (Lipinski definition) is 7. The first-order chi connectivity index (χ1) is 39.2. The van der Waals surface area contributed by atoms with Crippen LogP contribution in [0.5, 0.6) is 0 Å². The molecule has 0 saturated heterocycles. The molecule has 4 aliphatic carbocycles. The first kappa shape index (κ1) is 52.9. The van der Waals surface area contributed by atoms with Crippen LogP contribution >= 0.6 is 0 Å². The number of benzene rings is 8. The Morgan fingerprint density at radius 2 is 0.617 bits per heavy atom. The standard InChI is InChI=1S/C72H64N2O7/c1-45(2)63(64(76)81-4)73-68(80)71(41-51-25-9-17-33-59(51)60-34-18-10-26-52(60)42-71)66(78)69(37-47-21-5-13-29-55(47)56-30-14-6-22-48(56)38-69)65(77)70(39-49-23-7-15-31-57(49)58-32-16-8-24-50(58)40-70)67(79)72(74-46(3)75)43-53-27-11-19-35-61(53)62-36-20-12-28-54(62)44-72/h5-36,45,63H,37-44H2,1-4H3,(H,73,80)(H,74,75). The average Bonchev–Trinajstić information content (AvgIpc) is 3.19. The molecule has 0 aliphatic heterocycles. The van der Waals surface area contributed by atoms with E-state index in [2.05, 4.69) is 10.6 Å². The maximum absolute atomic E-state index is 18.6. The summed E-state index contributed by atoms with van der Waals surface area (Å²) < 4.78 is 5.34. The lowest BCUT2D eigenvalue weighted by Gasteiger charge is -2.48. The molecule has 2 amide bonds. The molecule has 8 aromatic carbocycles. The summed E-state index contributed by atoms with van der Waals surface area (Å²) in [5.41, 5.74) is 4.72. The lowest BCUT2D eigenvalue weighted by molar-refractivity contribution is -0.162. The van der Waals surface area contributed by atoms with E-state index in [0.29, 0.717) is 22.3 Å². The van der Waals surface area contributed by atoms with E-state index in [0.717, 1.165) is 66.8 Å². The van der Waals surface area contributed by atoms with Gasteiger partial charge < -0.3 is 15.4 Å². The topological polar surface area (TPSA) is 136 Å². The quantitative estimate of drug-likeness (QED) is 0.0972. The van der Waals surface area contributed by atoms with E-state index in [1.54, 1.807) is 0 Å². The molecule has 0 bridgehead atoms. The number of esters is 1. The molecule has 404 valence electrons. The van der Waals surface area contributed by atoms with E-state index in [4.69, 9.17) is 4.74 Å². The SMILES string of the molecule is COC(=O)C(NC(=O)C1(C(=O)C2(C(=O)C3(C(=O)C4(NC(C)=O)Cc5ccccc5-c5ccccc5C4)Cc4ccccc4-c4ccccc4C3)Cc3ccccc3-c3ccccc3C2)Cc2ccccc2-c2ccccc2C1)C(C)C. The molecule has 0 heterocycles. The van der Waals surface area contributed by atoms with Gasteiger partial charge in [0.1, 0.15) is 17.0 Å². The van der Waals surface area contributed by atoms with Gasteiger partial charge in [0.15, 0.2) is 17.3 Å². The average molecular weight is 1070 g/mol. The summed E-state index contributed by atoms with van der Waals surface area (Å²) in [6, 6.07) is 61.5. The van der Waals surface area contributed by atoms with Gasteiger partial charge in [0.25, 0.3) is 0 Å². The van der Waals surface area contributed by atoms with Crippen molar-refractivity contribution in [1.29, 1.82) is 0 Å². The Bertz CT molecular complexity index is 3700. The van der Waals surface area contributed by atoms with Crippen molar-refractivity contribution in [3.05, 3.63) is 239 Å². The van der Waals surface area contributed by atoms with E-state index >= 15 is 19.2 Å². The molecular formula is C72H64N2O7.